The molecule has 0 N–H and O–H groups in total. The second-order valence-electron chi connectivity index (χ2n) is 10.3. The zero-order chi connectivity index (χ0) is 33.1. The van der Waals surface area contributed by atoms with Gasteiger partial charge in [-0.15, -0.1) is 0 Å². The van der Waals surface area contributed by atoms with Crippen molar-refractivity contribution in [3.8, 4) is 0 Å². The van der Waals surface area contributed by atoms with Gasteiger partial charge in [0.2, 0.25) is 0 Å². The van der Waals surface area contributed by atoms with Gasteiger partial charge >= 0.3 is 30.6 Å². The van der Waals surface area contributed by atoms with Gasteiger partial charge in [0, 0.05) is 0 Å². The Morgan fingerprint density at radius 1 is 0.362 bits per heavy atom. The Bertz CT molecular complexity index is 1430. The maximum absolute atomic E-state index is 10.1. The fourth-order valence-electron chi connectivity index (χ4n) is 5.09. The first-order valence-electron chi connectivity index (χ1n) is 15.1. The van der Waals surface area contributed by atoms with Gasteiger partial charge in [-0.2, -0.15) is 0 Å². The molecule has 6 aromatic carbocycles. The summed E-state index contributed by atoms with van der Waals surface area (Å²) >= 11 is 5.35. The zero-order valence-electron chi connectivity index (χ0n) is 25.7. The Balaban J connectivity index is 0.000000170. The molecule has 0 spiro atoms. The maximum Gasteiger partial charge on any atom is 0.102 e. The number of amides is 2. The van der Waals surface area contributed by atoms with Gasteiger partial charge in [-0.25, -0.2) is 0 Å². The predicted octanol–water partition coefficient (Wildman–Crippen LogP) is 7.40. The molecule has 1 fully saturated rings. The molecule has 2 amide bonds. The number of benzene rings is 6. The standard InChI is InChI=1S/2C18H15P.C4H5NO2.BrH.Pd/c2*1-4-10-16(11-5-1)19(17-12-6-2-7-13-17)18-14-8-3-9-15-18;6-3-1-2-4(7)5-3;;/h2*1-15H;1-2H2,(H,5,6,7);1H;/q;;;;+2. The molecule has 1 saturated heterocycles. The second-order valence-corrected chi connectivity index (χ2v) is 15.3. The van der Waals surface area contributed by atoms with Crippen LogP contribution in [0.3, 0.4) is 0 Å². The van der Waals surface area contributed by atoms with Crippen LogP contribution in [0.15, 0.2) is 182 Å². The van der Waals surface area contributed by atoms with Gasteiger partial charge in [0.25, 0.3) is 0 Å². The number of hydrogen-bond acceptors (Lipinski definition) is 2. The molecule has 7 heteroatoms. The SMILES string of the molecule is O=C1CCC(=O)[N-]1.[Br][Pd+].c1ccc([PH+](c2ccccc2)c2ccccc2)cc1.c1ccc([PH+](c2ccccc2)c2ccccc2)cc1. The molecule has 0 atom stereocenters. The summed E-state index contributed by atoms with van der Waals surface area (Å²) in [5.74, 6) is -0.546. The summed E-state index contributed by atoms with van der Waals surface area (Å²) in [5.41, 5.74) is 0. The van der Waals surface area contributed by atoms with Gasteiger partial charge in [-0.1, -0.05) is 109 Å². The van der Waals surface area contributed by atoms with Crippen molar-refractivity contribution < 1.29 is 26.8 Å². The van der Waals surface area contributed by atoms with E-state index >= 15 is 0 Å². The smallest absolute Gasteiger partial charge is 0.0620 e. The van der Waals surface area contributed by atoms with Gasteiger partial charge in [0.1, 0.15) is 31.8 Å². The van der Waals surface area contributed by atoms with Crippen LogP contribution in [0, 0.1) is 0 Å². The number of carbonyl (C=O) groups excluding carboxylic acids is 2. The summed E-state index contributed by atoms with van der Waals surface area (Å²) in [6.45, 7) is 0. The average molecular weight is 811 g/mol. The van der Waals surface area contributed by atoms with E-state index in [1.165, 1.54) is 31.8 Å². The van der Waals surface area contributed by atoms with Crippen LogP contribution in [0.5, 0.6) is 0 Å². The van der Waals surface area contributed by atoms with Gasteiger partial charge in [0.05, 0.1) is 27.7 Å². The minimum Gasteiger partial charge on any atom is -0.0620 e. The topological polar surface area (TPSA) is 48.2 Å². The zero-order valence-corrected chi connectivity index (χ0v) is 30.8. The van der Waals surface area contributed by atoms with Crippen molar-refractivity contribution in [2.24, 2.45) is 0 Å². The first-order chi connectivity index (χ1) is 23.2. The van der Waals surface area contributed by atoms with E-state index < -0.39 is 15.8 Å². The van der Waals surface area contributed by atoms with Gasteiger partial charge in [0.15, 0.2) is 0 Å². The van der Waals surface area contributed by atoms with Crippen molar-refractivity contribution in [3.63, 3.8) is 0 Å². The third kappa shape index (κ3) is 11.6. The molecule has 238 valence electrons. The van der Waals surface area contributed by atoms with E-state index in [4.69, 9.17) is 0 Å². The molecule has 0 unspecified atom stereocenters. The van der Waals surface area contributed by atoms with E-state index in [0.29, 0.717) is 12.8 Å². The number of carbonyl (C=O) groups is 2. The first-order valence-corrected chi connectivity index (χ1v) is 21.7. The third-order valence-corrected chi connectivity index (χ3v) is 12.6. The molecule has 0 aromatic heterocycles. The summed E-state index contributed by atoms with van der Waals surface area (Å²) in [4.78, 5) is 20.1. The summed E-state index contributed by atoms with van der Waals surface area (Å²) < 4.78 is 0. The molecule has 6 aromatic rings. The molecule has 0 aliphatic carbocycles. The monoisotopic (exact) mass is 809 g/mol. The summed E-state index contributed by atoms with van der Waals surface area (Å²) in [5, 5.41) is 11.7. The van der Waals surface area contributed by atoms with E-state index in [-0.39, 0.29) is 11.8 Å². The summed E-state index contributed by atoms with van der Waals surface area (Å²) in [7, 11) is -1.75. The first kappa shape index (κ1) is 36.3. The van der Waals surface area contributed by atoms with Crippen LogP contribution < -0.4 is 31.8 Å². The predicted molar refractivity (Wildman–Crippen MR) is 205 cm³/mol. The molecule has 0 saturated carbocycles. The Morgan fingerprint density at radius 2 is 0.532 bits per heavy atom. The number of halogens is 1. The van der Waals surface area contributed by atoms with E-state index in [1.807, 2.05) is 0 Å². The van der Waals surface area contributed by atoms with Gasteiger partial charge in [-0.05, 0) is 85.6 Å². The molecular formula is C40H36BrNO2P2Pd+2. The van der Waals surface area contributed by atoms with Crippen LogP contribution in [0.4, 0.5) is 0 Å². The number of nitrogens with zero attached hydrogens (tertiary/aromatic N) is 1. The van der Waals surface area contributed by atoms with Crippen LogP contribution in [-0.2, 0) is 26.8 Å². The fourth-order valence-corrected chi connectivity index (χ4v) is 10.2. The Morgan fingerprint density at radius 3 is 0.660 bits per heavy atom. The van der Waals surface area contributed by atoms with Crippen molar-refractivity contribution >= 4 is 72.9 Å². The Kier molecular flexibility index (Phi) is 15.9. The molecule has 0 bridgehead atoms. The number of hydrogen-bond donors (Lipinski definition) is 0. The summed E-state index contributed by atoms with van der Waals surface area (Å²) in [6.07, 6.45) is 0.637. The molecule has 1 heterocycles. The van der Waals surface area contributed by atoms with Crippen molar-refractivity contribution in [3.05, 3.63) is 187 Å². The Hall–Kier alpha value is -3.54. The third-order valence-electron chi connectivity index (χ3n) is 7.18. The van der Waals surface area contributed by atoms with Gasteiger partial charge < -0.3 is 14.9 Å². The molecule has 3 nitrogen and oxygen atoms in total. The minimum atomic E-state index is -0.877. The molecule has 1 aliphatic rings. The maximum atomic E-state index is 10.1. The van der Waals surface area contributed by atoms with Crippen molar-refractivity contribution in [1.82, 2.24) is 0 Å². The minimum absolute atomic E-state index is 0.273. The van der Waals surface area contributed by atoms with Crippen molar-refractivity contribution in [2.75, 3.05) is 0 Å². The van der Waals surface area contributed by atoms with Crippen molar-refractivity contribution in [2.45, 2.75) is 12.8 Å². The summed E-state index contributed by atoms with van der Waals surface area (Å²) in [6, 6.07) is 65.0. The number of rotatable bonds is 6. The van der Waals surface area contributed by atoms with Gasteiger partial charge in [-0.3, -0.25) is 0 Å². The fraction of sp³-hybridized carbons (Fsp3) is 0.0500. The van der Waals surface area contributed by atoms with Crippen LogP contribution in [-0.4, -0.2) is 11.8 Å². The van der Waals surface area contributed by atoms with E-state index in [9.17, 15) is 9.59 Å². The van der Waals surface area contributed by atoms with E-state index in [1.54, 1.807) is 0 Å². The van der Waals surface area contributed by atoms with E-state index in [2.05, 4.69) is 218 Å². The average Bonchev–Trinajstić information content (AvgIpc) is 3.54. The normalized spacial score (nSPS) is 11.7. The molecule has 47 heavy (non-hydrogen) atoms. The Labute approximate surface area is 298 Å². The number of imide groups is 1. The van der Waals surface area contributed by atoms with Crippen LogP contribution >= 0.6 is 29.3 Å². The van der Waals surface area contributed by atoms with Crippen LogP contribution in [0.2, 0.25) is 0 Å². The molecule has 0 radical (unpaired) electrons. The quantitative estimate of drug-likeness (QED) is 0.100. The van der Waals surface area contributed by atoms with E-state index in [0.717, 1.165) is 0 Å². The van der Waals surface area contributed by atoms with Crippen LogP contribution in [0.25, 0.3) is 5.32 Å². The largest absolute Gasteiger partial charge is 0.102 e. The molecular weight excluding hydrogens is 775 g/mol. The van der Waals surface area contributed by atoms with Crippen LogP contribution in [0.1, 0.15) is 12.8 Å². The molecule has 7 rings (SSSR count). The second kappa shape index (κ2) is 20.6. The molecule has 1 aliphatic heterocycles. The van der Waals surface area contributed by atoms with Crippen molar-refractivity contribution in [1.29, 1.82) is 0 Å².